The minimum atomic E-state index is 0.521. The van der Waals surface area contributed by atoms with Crippen molar-refractivity contribution >= 4 is 0 Å². The van der Waals surface area contributed by atoms with Crippen molar-refractivity contribution < 1.29 is 4.74 Å². The van der Waals surface area contributed by atoms with E-state index in [1.54, 1.807) is 0 Å². The highest BCUT2D eigenvalue weighted by Gasteiger charge is 2.31. The molecule has 0 radical (unpaired) electrons. The molecule has 1 heterocycles. The third-order valence-corrected chi connectivity index (χ3v) is 5.66. The molecule has 5 unspecified atom stereocenters. The van der Waals surface area contributed by atoms with Crippen LogP contribution in [0.5, 0.6) is 0 Å². The molecule has 20 heavy (non-hydrogen) atoms. The highest BCUT2D eigenvalue weighted by Crippen LogP contribution is 2.36. The lowest BCUT2D eigenvalue weighted by Gasteiger charge is -2.39. The fourth-order valence-electron chi connectivity index (χ4n) is 4.00. The summed E-state index contributed by atoms with van der Waals surface area (Å²) in [6.45, 7) is 9.30. The zero-order valence-corrected chi connectivity index (χ0v) is 13.9. The summed E-state index contributed by atoms with van der Waals surface area (Å²) in [5.74, 6) is 2.69. The lowest BCUT2D eigenvalue weighted by Crippen LogP contribution is -2.43. The van der Waals surface area contributed by atoms with E-state index in [1.807, 2.05) is 0 Å². The van der Waals surface area contributed by atoms with Gasteiger partial charge in [-0.1, -0.05) is 27.2 Å². The Bertz CT molecular complexity index is 262. The maximum Gasteiger partial charge on any atom is 0.0590 e. The Hall–Kier alpha value is -0.0800. The van der Waals surface area contributed by atoms with Crippen molar-refractivity contribution in [1.29, 1.82) is 0 Å². The van der Waals surface area contributed by atoms with Crippen molar-refractivity contribution in [3.63, 3.8) is 0 Å². The molecular weight excluding hydrogens is 246 g/mol. The Labute approximate surface area is 126 Å². The molecule has 2 aliphatic rings. The van der Waals surface area contributed by atoms with Gasteiger partial charge in [-0.15, -0.1) is 0 Å². The Balaban J connectivity index is 1.88. The van der Waals surface area contributed by atoms with Crippen molar-refractivity contribution in [3.8, 4) is 0 Å². The van der Waals surface area contributed by atoms with Crippen LogP contribution in [0.4, 0.5) is 0 Å². The quantitative estimate of drug-likeness (QED) is 0.780. The van der Waals surface area contributed by atoms with Crippen LogP contribution in [0.1, 0.15) is 72.1 Å². The molecule has 2 nitrogen and oxygen atoms in total. The third kappa shape index (κ3) is 4.73. The van der Waals surface area contributed by atoms with Crippen LogP contribution in [-0.2, 0) is 4.74 Å². The highest BCUT2D eigenvalue weighted by molar-refractivity contribution is 4.86. The molecule has 0 aromatic rings. The molecule has 1 N–H and O–H groups in total. The molecule has 2 fully saturated rings. The van der Waals surface area contributed by atoms with Gasteiger partial charge in [0.05, 0.1) is 6.10 Å². The first-order valence-corrected chi connectivity index (χ1v) is 9.05. The van der Waals surface area contributed by atoms with Crippen molar-refractivity contribution in [1.82, 2.24) is 5.32 Å². The van der Waals surface area contributed by atoms with Gasteiger partial charge in [0.15, 0.2) is 0 Å². The Morgan fingerprint density at radius 2 is 1.95 bits per heavy atom. The van der Waals surface area contributed by atoms with Crippen molar-refractivity contribution in [2.75, 3.05) is 13.2 Å². The lowest BCUT2D eigenvalue weighted by molar-refractivity contribution is -0.00241. The zero-order valence-electron chi connectivity index (χ0n) is 13.9. The fraction of sp³-hybridized carbons (Fsp3) is 1.00. The Kier molecular flexibility index (Phi) is 6.83. The van der Waals surface area contributed by atoms with Gasteiger partial charge in [0.25, 0.3) is 0 Å². The van der Waals surface area contributed by atoms with Crippen molar-refractivity contribution in [3.05, 3.63) is 0 Å². The van der Waals surface area contributed by atoms with E-state index in [0.717, 1.165) is 30.9 Å². The Morgan fingerprint density at radius 3 is 2.60 bits per heavy atom. The topological polar surface area (TPSA) is 21.3 Å². The van der Waals surface area contributed by atoms with Gasteiger partial charge in [-0.2, -0.15) is 0 Å². The smallest absolute Gasteiger partial charge is 0.0590 e. The van der Waals surface area contributed by atoms with E-state index >= 15 is 0 Å². The normalized spacial score (nSPS) is 36.8. The molecule has 118 valence electrons. The number of hydrogen-bond donors (Lipinski definition) is 1. The van der Waals surface area contributed by atoms with Crippen molar-refractivity contribution in [2.45, 2.75) is 84.3 Å². The van der Waals surface area contributed by atoms with Gasteiger partial charge in [0.1, 0.15) is 0 Å². The van der Waals surface area contributed by atoms with E-state index < -0.39 is 0 Å². The number of ether oxygens (including phenoxy) is 1. The standard InChI is InChI=1S/C18H35NO/c1-4-10-19-18(13-17-7-5-6-11-20-17)16-9-8-14(2)15(3)12-16/h14-19H,4-13H2,1-3H3. The molecule has 1 aliphatic carbocycles. The lowest BCUT2D eigenvalue weighted by atomic mass is 9.72. The fourth-order valence-corrected chi connectivity index (χ4v) is 4.00. The average Bonchev–Trinajstić information content (AvgIpc) is 2.47. The van der Waals surface area contributed by atoms with Crippen LogP contribution >= 0.6 is 0 Å². The maximum absolute atomic E-state index is 5.99. The number of hydrogen-bond acceptors (Lipinski definition) is 2. The third-order valence-electron chi connectivity index (χ3n) is 5.66. The van der Waals surface area contributed by atoms with Gasteiger partial charge < -0.3 is 10.1 Å². The molecule has 5 atom stereocenters. The molecule has 0 spiro atoms. The van der Waals surface area contributed by atoms with E-state index in [-0.39, 0.29) is 0 Å². The van der Waals surface area contributed by atoms with E-state index in [1.165, 1.54) is 51.4 Å². The van der Waals surface area contributed by atoms with Crippen LogP contribution in [0.3, 0.4) is 0 Å². The zero-order chi connectivity index (χ0) is 14.4. The average molecular weight is 281 g/mol. The van der Waals surface area contributed by atoms with Crippen LogP contribution in [0.2, 0.25) is 0 Å². The van der Waals surface area contributed by atoms with Crippen LogP contribution in [0, 0.1) is 17.8 Å². The first-order chi connectivity index (χ1) is 9.70. The SMILES string of the molecule is CCCNC(CC1CCCCO1)C1CCC(C)C(C)C1. The predicted molar refractivity (Wildman–Crippen MR) is 86.0 cm³/mol. The summed E-state index contributed by atoms with van der Waals surface area (Å²) in [7, 11) is 0. The van der Waals surface area contributed by atoms with E-state index in [0.29, 0.717) is 12.1 Å². The minimum Gasteiger partial charge on any atom is -0.378 e. The van der Waals surface area contributed by atoms with E-state index in [2.05, 4.69) is 26.1 Å². The summed E-state index contributed by atoms with van der Waals surface area (Å²) in [5.41, 5.74) is 0. The van der Waals surface area contributed by atoms with Crippen LogP contribution in [0.15, 0.2) is 0 Å². The van der Waals surface area contributed by atoms with Crippen LogP contribution < -0.4 is 5.32 Å². The summed E-state index contributed by atoms with van der Waals surface area (Å²) in [4.78, 5) is 0. The molecule has 1 saturated heterocycles. The monoisotopic (exact) mass is 281 g/mol. The maximum atomic E-state index is 5.99. The van der Waals surface area contributed by atoms with Gasteiger partial charge in [-0.05, 0) is 69.2 Å². The van der Waals surface area contributed by atoms with E-state index in [9.17, 15) is 0 Å². The largest absolute Gasteiger partial charge is 0.378 e. The van der Waals surface area contributed by atoms with Crippen molar-refractivity contribution in [2.24, 2.45) is 17.8 Å². The first-order valence-electron chi connectivity index (χ1n) is 9.05. The summed E-state index contributed by atoms with van der Waals surface area (Å²) in [5, 5.41) is 3.84. The summed E-state index contributed by atoms with van der Waals surface area (Å²) < 4.78 is 5.99. The van der Waals surface area contributed by atoms with Gasteiger partial charge >= 0.3 is 0 Å². The summed E-state index contributed by atoms with van der Waals surface area (Å²) >= 11 is 0. The Morgan fingerprint density at radius 1 is 1.10 bits per heavy atom. The van der Waals surface area contributed by atoms with Gasteiger partial charge in [0.2, 0.25) is 0 Å². The molecule has 1 aliphatic heterocycles. The summed E-state index contributed by atoms with van der Waals surface area (Å²) in [6.07, 6.45) is 11.2. The van der Waals surface area contributed by atoms with Gasteiger partial charge in [-0.25, -0.2) is 0 Å². The minimum absolute atomic E-state index is 0.521. The van der Waals surface area contributed by atoms with Crippen LogP contribution in [0.25, 0.3) is 0 Å². The second-order valence-electron chi connectivity index (χ2n) is 7.31. The van der Waals surface area contributed by atoms with Gasteiger partial charge in [0, 0.05) is 12.6 Å². The van der Waals surface area contributed by atoms with Crippen LogP contribution in [-0.4, -0.2) is 25.3 Å². The second-order valence-corrected chi connectivity index (χ2v) is 7.31. The molecule has 2 rings (SSSR count). The van der Waals surface area contributed by atoms with E-state index in [4.69, 9.17) is 4.74 Å². The molecule has 1 saturated carbocycles. The second kappa shape index (κ2) is 8.38. The first kappa shape index (κ1) is 16.3. The number of rotatable bonds is 6. The molecule has 0 amide bonds. The molecule has 0 aromatic heterocycles. The summed E-state index contributed by atoms with van der Waals surface area (Å²) in [6, 6.07) is 0.688. The molecular formula is C18H35NO. The molecule has 0 aromatic carbocycles. The van der Waals surface area contributed by atoms with Gasteiger partial charge in [-0.3, -0.25) is 0 Å². The molecule has 0 bridgehead atoms. The number of nitrogens with one attached hydrogen (secondary N) is 1. The predicted octanol–water partition coefficient (Wildman–Crippen LogP) is 4.39. The highest BCUT2D eigenvalue weighted by atomic mass is 16.5. The molecule has 2 heteroatoms.